The summed E-state index contributed by atoms with van der Waals surface area (Å²) in [7, 11) is 1.41. The molecule has 3 rings (SSSR count). The van der Waals surface area contributed by atoms with E-state index in [2.05, 4.69) is 5.32 Å². The molecule has 0 amide bonds. The van der Waals surface area contributed by atoms with Crippen LogP contribution in [0.4, 0.5) is 0 Å². The van der Waals surface area contributed by atoms with Gasteiger partial charge in [0.15, 0.2) is 0 Å². The van der Waals surface area contributed by atoms with Crippen LogP contribution in [0.5, 0.6) is 0 Å². The van der Waals surface area contributed by atoms with Crippen molar-refractivity contribution < 1.29 is 14.3 Å². The summed E-state index contributed by atoms with van der Waals surface area (Å²) in [6.07, 6.45) is 4.24. The molecule has 4 heteroatoms. The monoisotopic (exact) mass is 261 g/mol. The summed E-state index contributed by atoms with van der Waals surface area (Å²) in [4.78, 5) is 11.7. The molecule has 2 fully saturated rings. The van der Waals surface area contributed by atoms with Crippen molar-refractivity contribution in [2.75, 3.05) is 7.11 Å². The highest BCUT2D eigenvalue weighted by Gasteiger charge is 2.40. The Hall–Kier alpha value is -1.39. The van der Waals surface area contributed by atoms with Crippen molar-refractivity contribution in [1.29, 1.82) is 0 Å². The van der Waals surface area contributed by atoms with Crippen LogP contribution in [0.25, 0.3) is 0 Å². The summed E-state index contributed by atoms with van der Waals surface area (Å²) in [5.41, 5.74) is 1.62. The zero-order valence-corrected chi connectivity index (χ0v) is 11.1. The molecule has 1 aromatic carbocycles. The van der Waals surface area contributed by atoms with Crippen molar-refractivity contribution in [3.8, 4) is 0 Å². The molecule has 2 heterocycles. The third-order valence-electron chi connectivity index (χ3n) is 4.08. The summed E-state index contributed by atoms with van der Waals surface area (Å²) in [6, 6.07) is 7.99. The SMILES string of the molecule is COC(=O)c1ccccc1CNC1CC2CCC1O2. The summed E-state index contributed by atoms with van der Waals surface area (Å²) in [6.45, 7) is 0.683. The van der Waals surface area contributed by atoms with Crippen molar-refractivity contribution in [1.82, 2.24) is 5.32 Å². The molecular weight excluding hydrogens is 242 g/mol. The summed E-state index contributed by atoms with van der Waals surface area (Å²) in [5.74, 6) is -0.276. The predicted octanol–water partition coefficient (Wildman–Crippen LogP) is 1.88. The molecule has 0 radical (unpaired) electrons. The van der Waals surface area contributed by atoms with Crippen LogP contribution < -0.4 is 5.32 Å². The van der Waals surface area contributed by atoms with Crippen molar-refractivity contribution in [3.05, 3.63) is 35.4 Å². The largest absolute Gasteiger partial charge is 0.465 e. The Morgan fingerprint density at radius 3 is 2.95 bits per heavy atom. The van der Waals surface area contributed by atoms with Gasteiger partial charge in [0.05, 0.1) is 24.9 Å². The Bertz CT molecular complexity index is 474. The van der Waals surface area contributed by atoms with Gasteiger partial charge in [0, 0.05) is 12.6 Å². The highest BCUT2D eigenvalue weighted by Crippen LogP contribution is 2.34. The Labute approximate surface area is 113 Å². The molecule has 0 aliphatic carbocycles. The van der Waals surface area contributed by atoms with E-state index in [-0.39, 0.29) is 5.97 Å². The number of benzene rings is 1. The number of ether oxygens (including phenoxy) is 2. The van der Waals surface area contributed by atoms with Gasteiger partial charge in [0.2, 0.25) is 0 Å². The van der Waals surface area contributed by atoms with Gasteiger partial charge in [-0.3, -0.25) is 0 Å². The van der Waals surface area contributed by atoms with E-state index in [1.165, 1.54) is 13.5 Å². The number of nitrogens with one attached hydrogen (secondary N) is 1. The fourth-order valence-electron chi connectivity index (χ4n) is 3.08. The molecule has 2 aliphatic rings. The number of carbonyl (C=O) groups is 1. The standard InChI is InChI=1S/C15H19NO3/c1-18-15(17)12-5-3-2-4-10(12)9-16-13-8-11-6-7-14(13)19-11/h2-5,11,13-14,16H,6-9H2,1H3. The second kappa shape index (κ2) is 5.31. The minimum atomic E-state index is -0.276. The number of methoxy groups -OCH3 is 1. The fourth-order valence-corrected chi connectivity index (χ4v) is 3.08. The first-order valence-electron chi connectivity index (χ1n) is 6.83. The van der Waals surface area contributed by atoms with E-state index in [1.807, 2.05) is 18.2 Å². The lowest BCUT2D eigenvalue weighted by molar-refractivity contribution is 0.0599. The van der Waals surface area contributed by atoms with Crippen LogP contribution in [0.15, 0.2) is 24.3 Å². The maximum Gasteiger partial charge on any atom is 0.338 e. The predicted molar refractivity (Wildman–Crippen MR) is 70.9 cm³/mol. The number of fused-ring (bicyclic) bond motifs is 2. The van der Waals surface area contributed by atoms with Gasteiger partial charge in [-0.2, -0.15) is 0 Å². The molecule has 2 aliphatic heterocycles. The lowest BCUT2D eigenvalue weighted by atomic mass is 9.95. The van der Waals surface area contributed by atoms with Crippen LogP contribution in [0.3, 0.4) is 0 Å². The van der Waals surface area contributed by atoms with Crippen molar-refractivity contribution in [3.63, 3.8) is 0 Å². The van der Waals surface area contributed by atoms with Gasteiger partial charge >= 0.3 is 5.97 Å². The van der Waals surface area contributed by atoms with Crippen LogP contribution in [0, 0.1) is 0 Å². The van der Waals surface area contributed by atoms with E-state index < -0.39 is 0 Å². The second-order valence-corrected chi connectivity index (χ2v) is 5.25. The molecule has 2 saturated heterocycles. The van der Waals surface area contributed by atoms with Crippen molar-refractivity contribution in [2.24, 2.45) is 0 Å². The molecule has 2 bridgehead atoms. The summed E-state index contributed by atoms with van der Waals surface area (Å²) >= 11 is 0. The smallest absolute Gasteiger partial charge is 0.338 e. The average Bonchev–Trinajstić information content (AvgIpc) is 3.07. The zero-order chi connectivity index (χ0) is 13.2. The Morgan fingerprint density at radius 1 is 1.42 bits per heavy atom. The van der Waals surface area contributed by atoms with Crippen molar-refractivity contribution in [2.45, 2.75) is 44.1 Å². The molecule has 102 valence electrons. The molecular formula is C15H19NO3. The third-order valence-corrected chi connectivity index (χ3v) is 4.08. The molecule has 0 aromatic heterocycles. The van der Waals surface area contributed by atoms with Crippen LogP contribution in [0.1, 0.15) is 35.2 Å². The van der Waals surface area contributed by atoms with Gasteiger partial charge in [-0.15, -0.1) is 0 Å². The number of esters is 1. The highest BCUT2D eigenvalue weighted by molar-refractivity contribution is 5.90. The first kappa shape index (κ1) is 12.6. The molecule has 1 aromatic rings. The Morgan fingerprint density at radius 2 is 2.26 bits per heavy atom. The lowest BCUT2D eigenvalue weighted by Gasteiger charge is -2.20. The molecule has 3 atom stereocenters. The van der Waals surface area contributed by atoms with Crippen LogP contribution in [-0.2, 0) is 16.0 Å². The van der Waals surface area contributed by atoms with Gasteiger partial charge in [-0.05, 0) is 30.9 Å². The Balaban J connectivity index is 1.65. The average molecular weight is 261 g/mol. The lowest BCUT2D eigenvalue weighted by Crippen LogP contribution is -2.37. The summed E-state index contributed by atoms with van der Waals surface area (Å²) < 4.78 is 10.6. The van der Waals surface area contributed by atoms with Gasteiger partial charge in [-0.1, -0.05) is 18.2 Å². The van der Waals surface area contributed by atoms with Gasteiger partial charge in [-0.25, -0.2) is 4.79 Å². The number of hydrogen-bond acceptors (Lipinski definition) is 4. The fraction of sp³-hybridized carbons (Fsp3) is 0.533. The molecule has 4 nitrogen and oxygen atoms in total. The molecule has 0 spiro atoms. The molecule has 0 saturated carbocycles. The van der Waals surface area contributed by atoms with E-state index in [9.17, 15) is 4.79 Å². The second-order valence-electron chi connectivity index (χ2n) is 5.25. The van der Waals surface area contributed by atoms with E-state index >= 15 is 0 Å². The Kier molecular flexibility index (Phi) is 3.53. The number of carbonyl (C=O) groups excluding carboxylic acids is 1. The topological polar surface area (TPSA) is 47.6 Å². The van der Waals surface area contributed by atoms with E-state index in [1.54, 1.807) is 6.07 Å². The molecule has 19 heavy (non-hydrogen) atoms. The minimum absolute atomic E-state index is 0.276. The van der Waals surface area contributed by atoms with Gasteiger partial charge in [0.1, 0.15) is 0 Å². The highest BCUT2D eigenvalue weighted by atomic mass is 16.5. The molecule has 1 N–H and O–H groups in total. The maximum absolute atomic E-state index is 11.7. The van der Waals surface area contributed by atoms with Crippen LogP contribution >= 0.6 is 0 Å². The number of rotatable bonds is 4. The van der Waals surface area contributed by atoms with E-state index in [0.29, 0.717) is 30.4 Å². The quantitative estimate of drug-likeness (QED) is 0.841. The molecule has 3 unspecified atom stereocenters. The zero-order valence-electron chi connectivity index (χ0n) is 11.1. The first-order valence-corrected chi connectivity index (χ1v) is 6.83. The van der Waals surface area contributed by atoms with Crippen LogP contribution in [-0.4, -0.2) is 31.3 Å². The van der Waals surface area contributed by atoms with Crippen LogP contribution in [0.2, 0.25) is 0 Å². The van der Waals surface area contributed by atoms with E-state index in [0.717, 1.165) is 18.4 Å². The third kappa shape index (κ3) is 2.51. The summed E-state index contributed by atoms with van der Waals surface area (Å²) in [5, 5.41) is 3.52. The first-order chi connectivity index (χ1) is 9.28. The maximum atomic E-state index is 11.7. The van der Waals surface area contributed by atoms with E-state index in [4.69, 9.17) is 9.47 Å². The minimum Gasteiger partial charge on any atom is -0.465 e. The van der Waals surface area contributed by atoms with Gasteiger partial charge in [0.25, 0.3) is 0 Å². The van der Waals surface area contributed by atoms with Crippen molar-refractivity contribution >= 4 is 5.97 Å². The van der Waals surface area contributed by atoms with Gasteiger partial charge < -0.3 is 14.8 Å². The normalized spacial score (nSPS) is 28.6. The number of hydrogen-bond donors (Lipinski definition) is 1.